The number of nitrogens with two attached hydrogens (primary N) is 1. The van der Waals surface area contributed by atoms with Crippen molar-refractivity contribution in [1.29, 1.82) is 0 Å². The van der Waals surface area contributed by atoms with E-state index < -0.39 is 0 Å². The summed E-state index contributed by atoms with van der Waals surface area (Å²) in [7, 11) is 0. The van der Waals surface area contributed by atoms with Crippen LogP contribution >= 0.6 is 0 Å². The van der Waals surface area contributed by atoms with Crippen molar-refractivity contribution in [3.8, 4) is 5.75 Å². The molecule has 0 amide bonds. The zero-order valence-corrected chi connectivity index (χ0v) is 10.6. The van der Waals surface area contributed by atoms with E-state index in [1.807, 2.05) is 37.3 Å². The Hall–Kier alpha value is -1.87. The molecule has 0 saturated heterocycles. The van der Waals surface area contributed by atoms with E-state index in [1.165, 1.54) is 0 Å². The molecule has 0 spiro atoms. The van der Waals surface area contributed by atoms with Crippen molar-refractivity contribution in [1.82, 2.24) is 4.98 Å². The van der Waals surface area contributed by atoms with Crippen molar-refractivity contribution in [3.63, 3.8) is 0 Å². The van der Waals surface area contributed by atoms with Crippen molar-refractivity contribution in [2.75, 3.05) is 6.61 Å². The van der Waals surface area contributed by atoms with Gasteiger partial charge in [0.1, 0.15) is 5.75 Å². The van der Waals surface area contributed by atoms with E-state index in [1.54, 1.807) is 6.20 Å². The Morgan fingerprint density at radius 1 is 1.22 bits per heavy atom. The van der Waals surface area contributed by atoms with Gasteiger partial charge in [-0.25, -0.2) is 0 Å². The molecule has 0 fully saturated rings. The standard InChI is InChI=1S/C15H18N2O/c1-12-10-13(11-16)5-6-15(12)18-9-7-14-4-2-3-8-17-14/h2-6,8,10H,7,9,11,16H2,1H3. The summed E-state index contributed by atoms with van der Waals surface area (Å²) in [5, 5.41) is 0. The fourth-order valence-electron chi connectivity index (χ4n) is 1.81. The molecule has 3 heteroatoms. The maximum Gasteiger partial charge on any atom is 0.122 e. The van der Waals surface area contributed by atoms with Crippen molar-refractivity contribution in [2.45, 2.75) is 19.9 Å². The van der Waals surface area contributed by atoms with Gasteiger partial charge in [-0.15, -0.1) is 0 Å². The maximum absolute atomic E-state index is 5.76. The van der Waals surface area contributed by atoms with Crippen LogP contribution in [-0.2, 0) is 13.0 Å². The molecular weight excluding hydrogens is 224 g/mol. The molecule has 94 valence electrons. The Morgan fingerprint density at radius 3 is 2.78 bits per heavy atom. The molecule has 0 atom stereocenters. The lowest BCUT2D eigenvalue weighted by Gasteiger charge is -2.10. The molecule has 2 rings (SSSR count). The van der Waals surface area contributed by atoms with Crippen molar-refractivity contribution in [3.05, 3.63) is 59.4 Å². The Kier molecular flexibility index (Phi) is 4.31. The van der Waals surface area contributed by atoms with Crippen LogP contribution < -0.4 is 10.5 Å². The van der Waals surface area contributed by atoms with E-state index >= 15 is 0 Å². The van der Waals surface area contributed by atoms with Gasteiger partial charge >= 0.3 is 0 Å². The molecule has 0 unspecified atom stereocenters. The molecule has 0 bridgehead atoms. The summed E-state index contributed by atoms with van der Waals surface area (Å²) in [4.78, 5) is 4.26. The topological polar surface area (TPSA) is 48.1 Å². The lowest BCUT2D eigenvalue weighted by Crippen LogP contribution is -2.04. The summed E-state index contributed by atoms with van der Waals surface area (Å²) in [5.41, 5.74) is 8.90. The number of pyridine rings is 1. The zero-order valence-electron chi connectivity index (χ0n) is 10.6. The van der Waals surface area contributed by atoms with Crippen molar-refractivity contribution in [2.24, 2.45) is 5.73 Å². The zero-order chi connectivity index (χ0) is 12.8. The summed E-state index contributed by atoms with van der Waals surface area (Å²) in [5.74, 6) is 0.920. The molecule has 1 aromatic heterocycles. The van der Waals surface area contributed by atoms with Gasteiger partial charge in [-0.3, -0.25) is 4.98 Å². The smallest absolute Gasteiger partial charge is 0.122 e. The Morgan fingerprint density at radius 2 is 2.11 bits per heavy atom. The van der Waals surface area contributed by atoms with Crippen LogP contribution in [0.25, 0.3) is 0 Å². The first-order chi connectivity index (χ1) is 8.79. The van der Waals surface area contributed by atoms with Gasteiger partial charge in [-0.1, -0.05) is 18.2 Å². The quantitative estimate of drug-likeness (QED) is 0.876. The molecule has 1 heterocycles. The molecule has 0 saturated carbocycles. The predicted octanol–water partition coefficient (Wildman–Crippen LogP) is 2.47. The lowest BCUT2D eigenvalue weighted by atomic mass is 10.1. The lowest BCUT2D eigenvalue weighted by molar-refractivity contribution is 0.318. The third kappa shape index (κ3) is 3.31. The fraction of sp³-hybridized carbons (Fsp3) is 0.267. The Balaban J connectivity index is 1.91. The Labute approximate surface area is 108 Å². The number of benzene rings is 1. The highest BCUT2D eigenvalue weighted by Gasteiger charge is 2.01. The number of aryl methyl sites for hydroxylation is 1. The van der Waals surface area contributed by atoms with E-state index in [0.29, 0.717) is 13.2 Å². The van der Waals surface area contributed by atoms with Gasteiger partial charge in [0.2, 0.25) is 0 Å². The van der Waals surface area contributed by atoms with Crippen molar-refractivity contribution < 1.29 is 4.74 Å². The summed E-state index contributed by atoms with van der Waals surface area (Å²) < 4.78 is 5.76. The van der Waals surface area contributed by atoms with Gasteiger partial charge in [0.15, 0.2) is 0 Å². The van der Waals surface area contributed by atoms with Crippen LogP contribution in [0, 0.1) is 6.92 Å². The molecular formula is C15H18N2O. The predicted molar refractivity (Wildman–Crippen MR) is 72.5 cm³/mol. The molecule has 0 aliphatic heterocycles. The van der Waals surface area contributed by atoms with Gasteiger partial charge in [0.05, 0.1) is 6.61 Å². The van der Waals surface area contributed by atoms with E-state index in [2.05, 4.69) is 11.1 Å². The Bertz CT molecular complexity index is 497. The van der Waals surface area contributed by atoms with Crippen molar-refractivity contribution >= 4 is 0 Å². The molecule has 0 radical (unpaired) electrons. The minimum absolute atomic E-state index is 0.565. The number of hydrogen-bond donors (Lipinski definition) is 1. The largest absolute Gasteiger partial charge is 0.493 e. The monoisotopic (exact) mass is 242 g/mol. The number of hydrogen-bond acceptors (Lipinski definition) is 3. The molecule has 0 aliphatic carbocycles. The van der Waals surface area contributed by atoms with Crippen LogP contribution in [0.15, 0.2) is 42.6 Å². The molecule has 0 aliphatic rings. The maximum atomic E-state index is 5.76. The molecule has 2 aromatic rings. The average molecular weight is 242 g/mol. The highest BCUT2D eigenvalue weighted by Crippen LogP contribution is 2.19. The van der Waals surface area contributed by atoms with E-state index in [4.69, 9.17) is 10.5 Å². The number of nitrogens with zero attached hydrogens (tertiary/aromatic N) is 1. The molecule has 18 heavy (non-hydrogen) atoms. The van der Waals surface area contributed by atoms with Crippen LogP contribution in [0.1, 0.15) is 16.8 Å². The third-order valence-electron chi connectivity index (χ3n) is 2.82. The SMILES string of the molecule is Cc1cc(CN)ccc1OCCc1ccccn1. The molecule has 2 N–H and O–H groups in total. The number of aromatic nitrogens is 1. The van der Waals surface area contributed by atoms with E-state index in [9.17, 15) is 0 Å². The van der Waals surface area contributed by atoms with Crippen LogP contribution in [0.4, 0.5) is 0 Å². The second-order valence-corrected chi connectivity index (χ2v) is 4.22. The minimum Gasteiger partial charge on any atom is -0.493 e. The van der Waals surface area contributed by atoms with Gasteiger partial charge in [-0.2, -0.15) is 0 Å². The first kappa shape index (κ1) is 12.6. The first-order valence-corrected chi connectivity index (χ1v) is 6.12. The van der Waals surface area contributed by atoms with Crippen LogP contribution in [0.3, 0.4) is 0 Å². The van der Waals surface area contributed by atoms with Crippen LogP contribution in [-0.4, -0.2) is 11.6 Å². The molecule has 3 nitrogen and oxygen atoms in total. The highest BCUT2D eigenvalue weighted by molar-refractivity contribution is 5.36. The average Bonchev–Trinajstić information content (AvgIpc) is 2.42. The second-order valence-electron chi connectivity index (χ2n) is 4.22. The fourth-order valence-corrected chi connectivity index (χ4v) is 1.81. The molecule has 1 aromatic carbocycles. The summed E-state index contributed by atoms with van der Waals surface area (Å²) in [6.07, 6.45) is 2.62. The second kappa shape index (κ2) is 6.17. The van der Waals surface area contributed by atoms with Crippen LogP contribution in [0.2, 0.25) is 0 Å². The summed E-state index contributed by atoms with van der Waals surface area (Å²) >= 11 is 0. The number of rotatable bonds is 5. The van der Waals surface area contributed by atoms with Gasteiger partial charge in [-0.05, 0) is 36.2 Å². The normalized spacial score (nSPS) is 10.3. The highest BCUT2D eigenvalue weighted by atomic mass is 16.5. The van der Waals surface area contributed by atoms with E-state index in [0.717, 1.165) is 29.0 Å². The van der Waals surface area contributed by atoms with E-state index in [-0.39, 0.29) is 0 Å². The van der Waals surface area contributed by atoms with Gasteiger partial charge in [0.25, 0.3) is 0 Å². The van der Waals surface area contributed by atoms with Crippen LogP contribution in [0.5, 0.6) is 5.75 Å². The van der Waals surface area contributed by atoms with Gasteiger partial charge < -0.3 is 10.5 Å². The third-order valence-corrected chi connectivity index (χ3v) is 2.82. The minimum atomic E-state index is 0.565. The summed E-state index contributed by atoms with van der Waals surface area (Å²) in [6.45, 7) is 3.24. The first-order valence-electron chi connectivity index (χ1n) is 6.12. The number of ether oxygens (including phenoxy) is 1. The van der Waals surface area contributed by atoms with Gasteiger partial charge in [0, 0.05) is 24.9 Å². The summed E-state index contributed by atoms with van der Waals surface area (Å²) in [6, 6.07) is 12.0.